The second kappa shape index (κ2) is 6.55. The molecule has 112 valence electrons. The molecule has 2 rings (SSSR count). The Balaban J connectivity index is 2.30. The Labute approximate surface area is 120 Å². The third-order valence-corrected chi connectivity index (χ3v) is 4.20. The molecule has 4 heteroatoms. The summed E-state index contributed by atoms with van der Waals surface area (Å²) in [6.07, 6.45) is 5.77. The Bertz CT molecular complexity index is 424. The maximum absolute atomic E-state index is 12.0. The van der Waals surface area contributed by atoms with Crippen molar-refractivity contribution in [1.29, 1.82) is 0 Å². The van der Waals surface area contributed by atoms with Gasteiger partial charge in [-0.3, -0.25) is 4.79 Å². The van der Waals surface area contributed by atoms with Crippen LogP contribution in [-0.4, -0.2) is 37.0 Å². The van der Waals surface area contributed by atoms with Crippen LogP contribution >= 0.6 is 0 Å². The fourth-order valence-corrected chi connectivity index (χ4v) is 3.14. The van der Waals surface area contributed by atoms with Crippen LogP contribution in [-0.2, 0) is 14.3 Å². The molecule has 1 N–H and O–H groups in total. The zero-order chi connectivity index (χ0) is 14.7. The summed E-state index contributed by atoms with van der Waals surface area (Å²) in [6, 6.07) is 0. The van der Waals surface area contributed by atoms with Crippen molar-refractivity contribution in [3.63, 3.8) is 0 Å². The van der Waals surface area contributed by atoms with Crippen molar-refractivity contribution < 1.29 is 19.4 Å². The number of allylic oxidation sites excluding steroid dienone is 2. The van der Waals surface area contributed by atoms with E-state index in [0.717, 1.165) is 12.8 Å². The van der Waals surface area contributed by atoms with Crippen LogP contribution in [0.3, 0.4) is 0 Å². The van der Waals surface area contributed by atoms with Crippen LogP contribution in [0.2, 0.25) is 0 Å². The maximum atomic E-state index is 12.0. The molecule has 0 saturated carbocycles. The third kappa shape index (κ3) is 3.30. The van der Waals surface area contributed by atoms with E-state index < -0.39 is 6.10 Å². The van der Waals surface area contributed by atoms with Crippen molar-refractivity contribution in [3.8, 4) is 0 Å². The van der Waals surface area contributed by atoms with E-state index in [2.05, 4.69) is 6.08 Å². The summed E-state index contributed by atoms with van der Waals surface area (Å²) in [5.74, 6) is -0.860. The number of aliphatic hydroxyl groups excluding tert-OH is 1. The first-order valence-electron chi connectivity index (χ1n) is 7.23. The van der Waals surface area contributed by atoms with Crippen molar-refractivity contribution in [3.05, 3.63) is 23.3 Å². The zero-order valence-electron chi connectivity index (χ0n) is 12.5. The Hall–Kier alpha value is -1.13. The average molecular weight is 280 g/mol. The minimum Gasteiger partial charge on any atom is -0.457 e. The average Bonchev–Trinajstić information content (AvgIpc) is 2.65. The van der Waals surface area contributed by atoms with Crippen molar-refractivity contribution in [2.24, 2.45) is 11.8 Å². The lowest BCUT2D eigenvalue weighted by Gasteiger charge is -2.25. The highest BCUT2D eigenvalue weighted by Crippen LogP contribution is 2.36. The molecule has 0 aromatic carbocycles. The first-order valence-corrected chi connectivity index (χ1v) is 7.23. The predicted octanol–water partition coefficient (Wildman–Crippen LogP) is 2.23. The maximum Gasteiger partial charge on any atom is 0.312 e. The van der Waals surface area contributed by atoms with Gasteiger partial charge in [0, 0.05) is 13.0 Å². The van der Waals surface area contributed by atoms with Crippen LogP contribution in [0.5, 0.6) is 0 Å². The van der Waals surface area contributed by atoms with Gasteiger partial charge in [-0.1, -0.05) is 17.2 Å². The minimum atomic E-state index is -0.579. The number of carbonyl (C=O) groups excluding carboxylic acids is 1. The number of rotatable bonds is 2. The Morgan fingerprint density at radius 1 is 1.40 bits per heavy atom. The lowest BCUT2D eigenvalue weighted by atomic mass is 9.82. The van der Waals surface area contributed by atoms with Gasteiger partial charge in [0.05, 0.1) is 18.6 Å². The molecule has 2 aliphatic rings. The second-order valence-electron chi connectivity index (χ2n) is 5.91. The van der Waals surface area contributed by atoms with Gasteiger partial charge in [0.25, 0.3) is 0 Å². The van der Waals surface area contributed by atoms with Gasteiger partial charge in [-0.15, -0.1) is 0 Å². The molecule has 0 amide bonds. The topological polar surface area (TPSA) is 55.8 Å². The molecule has 0 spiro atoms. The molecule has 0 unspecified atom stereocenters. The van der Waals surface area contributed by atoms with E-state index in [0.29, 0.717) is 13.0 Å². The van der Waals surface area contributed by atoms with E-state index in [1.807, 2.05) is 19.9 Å². The van der Waals surface area contributed by atoms with Gasteiger partial charge in [-0.2, -0.15) is 0 Å². The van der Waals surface area contributed by atoms with Gasteiger partial charge in [0.1, 0.15) is 6.10 Å². The van der Waals surface area contributed by atoms with Crippen LogP contribution < -0.4 is 0 Å². The van der Waals surface area contributed by atoms with Crippen LogP contribution in [0.15, 0.2) is 23.3 Å². The van der Waals surface area contributed by atoms with Gasteiger partial charge in [0.2, 0.25) is 0 Å². The molecule has 4 atom stereocenters. The quantitative estimate of drug-likeness (QED) is 0.622. The van der Waals surface area contributed by atoms with E-state index in [1.54, 1.807) is 7.11 Å². The van der Waals surface area contributed by atoms with E-state index in [1.165, 1.54) is 11.1 Å². The normalized spacial score (nSPS) is 40.1. The highest BCUT2D eigenvalue weighted by atomic mass is 16.6. The van der Waals surface area contributed by atoms with Crippen LogP contribution in [0.4, 0.5) is 0 Å². The summed E-state index contributed by atoms with van der Waals surface area (Å²) in [5, 5.41) is 10.5. The lowest BCUT2D eigenvalue weighted by Crippen LogP contribution is -2.34. The Kier molecular flexibility index (Phi) is 5.00. The number of esters is 1. The smallest absolute Gasteiger partial charge is 0.312 e. The fourth-order valence-electron chi connectivity index (χ4n) is 3.14. The van der Waals surface area contributed by atoms with Crippen molar-refractivity contribution in [1.82, 2.24) is 0 Å². The second-order valence-corrected chi connectivity index (χ2v) is 5.91. The summed E-state index contributed by atoms with van der Waals surface area (Å²) < 4.78 is 10.6. The third-order valence-electron chi connectivity index (χ3n) is 4.20. The Morgan fingerprint density at radius 3 is 2.85 bits per heavy atom. The molecule has 1 aliphatic heterocycles. The SMILES string of the molecule is COC[C@H]1C(=O)O[C@@H]2/C=C(\C)CC/C=C(\C)C[C@H](O)[C@H]21. The number of aliphatic hydroxyl groups is 1. The van der Waals surface area contributed by atoms with Gasteiger partial charge < -0.3 is 14.6 Å². The highest BCUT2D eigenvalue weighted by Gasteiger charge is 2.47. The predicted molar refractivity (Wildman–Crippen MR) is 76.1 cm³/mol. The standard InChI is InChI=1S/C16H24O4/c1-10-5-4-6-11(2)8-14-15(13(17)7-10)12(9-19-3)16(18)20-14/h5,8,12-15,17H,4,6-7,9H2,1-3H3/b10-5+,11-8+/t12-,13+,14-,15-/m1/s1. The summed E-state index contributed by atoms with van der Waals surface area (Å²) >= 11 is 0. The number of ether oxygens (including phenoxy) is 2. The van der Waals surface area contributed by atoms with Crippen LogP contribution in [0.25, 0.3) is 0 Å². The molecule has 1 fully saturated rings. The monoisotopic (exact) mass is 280 g/mol. The van der Waals surface area contributed by atoms with E-state index in [4.69, 9.17) is 9.47 Å². The van der Waals surface area contributed by atoms with Gasteiger partial charge in [-0.05, 0) is 39.2 Å². The molecule has 0 aromatic heterocycles. The molecule has 1 heterocycles. The summed E-state index contributed by atoms with van der Waals surface area (Å²) in [6.45, 7) is 4.38. The number of fused-ring (bicyclic) bond motifs is 1. The number of methoxy groups -OCH3 is 1. The van der Waals surface area contributed by atoms with E-state index in [9.17, 15) is 9.90 Å². The van der Waals surface area contributed by atoms with Crippen LogP contribution in [0, 0.1) is 11.8 Å². The zero-order valence-corrected chi connectivity index (χ0v) is 12.5. The lowest BCUT2D eigenvalue weighted by molar-refractivity contribution is -0.144. The molecular weight excluding hydrogens is 256 g/mol. The fraction of sp³-hybridized carbons (Fsp3) is 0.688. The molecule has 0 aromatic rings. The molecule has 20 heavy (non-hydrogen) atoms. The summed E-state index contributed by atoms with van der Waals surface area (Å²) in [4.78, 5) is 12.0. The van der Waals surface area contributed by atoms with Crippen molar-refractivity contribution in [2.45, 2.75) is 45.3 Å². The summed E-state index contributed by atoms with van der Waals surface area (Å²) in [5.41, 5.74) is 2.37. The van der Waals surface area contributed by atoms with Crippen molar-refractivity contribution >= 4 is 5.97 Å². The largest absolute Gasteiger partial charge is 0.457 e. The molecule has 4 nitrogen and oxygen atoms in total. The molecule has 1 aliphatic carbocycles. The number of hydrogen-bond donors (Lipinski definition) is 1. The van der Waals surface area contributed by atoms with Gasteiger partial charge in [-0.25, -0.2) is 0 Å². The molecule has 0 radical (unpaired) electrons. The van der Waals surface area contributed by atoms with E-state index >= 15 is 0 Å². The Morgan fingerprint density at radius 2 is 2.15 bits per heavy atom. The van der Waals surface area contributed by atoms with Crippen LogP contribution in [0.1, 0.15) is 33.1 Å². The van der Waals surface area contributed by atoms with E-state index in [-0.39, 0.29) is 23.9 Å². The van der Waals surface area contributed by atoms with Crippen molar-refractivity contribution in [2.75, 3.05) is 13.7 Å². The molecular formula is C16H24O4. The number of hydrogen-bond acceptors (Lipinski definition) is 4. The molecule has 1 saturated heterocycles. The summed E-state index contributed by atoms with van der Waals surface area (Å²) in [7, 11) is 1.57. The first kappa shape index (κ1) is 15.3. The minimum absolute atomic E-state index is 0.223. The number of carbonyl (C=O) groups is 1. The van der Waals surface area contributed by atoms with Gasteiger partial charge in [0.15, 0.2) is 0 Å². The first-order chi connectivity index (χ1) is 9.52. The molecule has 0 bridgehead atoms. The van der Waals surface area contributed by atoms with Gasteiger partial charge >= 0.3 is 5.97 Å². The highest BCUT2D eigenvalue weighted by molar-refractivity contribution is 5.76.